The number of alkyl halides is 1. The van der Waals surface area contributed by atoms with E-state index in [0.717, 1.165) is 30.8 Å². The molecule has 1 aromatic carbocycles. The summed E-state index contributed by atoms with van der Waals surface area (Å²) in [5.41, 5.74) is 1.60. The van der Waals surface area contributed by atoms with Gasteiger partial charge in [0.2, 0.25) is 0 Å². The Morgan fingerprint density at radius 3 is 3.11 bits per heavy atom. The van der Waals surface area contributed by atoms with E-state index in [9.17, 15) is 4.39 Å². The largest absolute Gasteiger partial charge is 0.379 e. The minimum absolute atomic E-state index is 0.253. The molecule has 0 amide bonds. The van der Waals surface area contributed by atoms with Gasteiger partial charge in [0.25, 0.3) is 0 Å². The number of rotatable bonds is 2. The zero-order chi connectivity index (χ0) is 12.5. The summed E-state index contributed by atoms with van der Waals surface area (Å²) in [4.78, 5) is 4.40. The molecular formula is C13H14ClFN2O. The molecule has 3 rings (SSSR count). The number of nitrogens with zero attached hydrogens (tertiary/aromatic N) is 2. The average Bonchev–Trinajstić information content (AvgIpc) is 2.77. The Morgan fingerprint density at radius 1 is 1.50 bits per heavy atom. The molecule has 5 heteroatoms. The molecule has 2 aromatic rings. The highest BCUT2D eigenvalue weighted by molar-refractivity contribution is 6.16. The molecular weight excluding hydrogens is 255 g/mol. The lowest BCUT2D eigenvalue weighted by Gasteiger charge is -2.25. The van der Waals surface area contributed by atoms with E-state index in [0.29, 0.717) is 18.0 Å². The van der Waals surface area contributed by atoms with Gasteiger partial charge >= 0.3 is 0 Å². The van der Waals surface area contributed by atoms with Crippen molar-refractivity contribution in [2.24, 2.45) is 0 Å². The fraction of sp³-hybridized carbons (Fsp3) is 0.462. The Bertz CT molecular complexity index is 563. The second kappa shape index (κ2) is 4.86. The first-order chi connectivity index (χ1) is 8.79. The van der Waals surface area contributed by atoms with Gasteiger partial charge in [0, 0.05) is 12.7 Å². The van der Waals surface area contributed by atoms with E-state index in [4.69, 9.17) is 16.3 Å². The molecule has 2 heterocycles. The predicted molar refractivity (Wildman–Crippen MR) is 68.3 cm³/mol. The molecule has 1 aliphatic rings. The summed E-state index contributed by atoms with van der Waals surface area (Å²) in [6.07, 6.45) is 2.08. The molecule has 1 unspecified atom stereocenters. The molecule has 96 valence electrons. The van der Waals surface area contributed by atoms with Crippen LogP contribution < -0.4 is 0 Å². The minimum atomic E-state index is -0.270. The van der Waals surface area contributed by atoms with Gasteiger partial charge in [-0.3, -0.25) is 0 Å². The van der Waals surface area contributed by atoms with Crippen molar-refractivity contribution in [1.29, 1.82) is 0 Å². The lowest BCUT2D eigenvalue weighted by molar-refractivity contribution is 0.0597. The number of aromatic nitrogens is 2. The van der Waals surface area contributed by atoms with Crippen LogP contribution >= 0.6 is 11.6 Å². The van der Waals surface area contributed by atoms with Crippen molar-refractivity contribution in [3.63, 3.8) is 0 Å². The summed E-state index contributed by atoms with van der Waals surface area (Å²) in [7, 11) is 0. The molecule has 3 nitrogen and oxygen atoms in total. The Kier molecular flexibility index (Phi) is 3.22. The minimum Gasteiger partial charge on any atom is -0.379 e. The highest BCUT2D eigenvalue weighted by Crippen LogP contribution is 2.28. The Morgan fingerprint density at radius 2 is 2.39 bits per heavy atom. The van der Waals surface area contributed by atoms with Crippen LogP contribution in [0, 0.1) is 5.82 Å². The lowest BCUT2D eigenvalue weighted by atomic mass is 10.1. The fourth-order valence-corrected chi connectivity index (χ4v) is 2.74. The lowest BCUT2D eigenvalue weighted by Crippen LogP contribution is -2.22. The molecule has 1 saturated heterocycles. The third-order valence-corrected chi connectivity index (χ3v) is 3.58. The summed E-state index contributed by atoms with van der Waals surface area (Å²) < 4.78 is 20.8. The van der Waals surface area contributed by atoms with Crippen molar-refractivity contribution in [3.8, 4) is 0 Å². The summed E-state index contributed by atoms with van der Waals surface area (Å²) in [6, 6.07) is 4.93. The molecule has 1 aromatic heterocycles. The van der Waals surface area contributed by atoms with E-state index in [1.807, 2.05) is 0 Å². The maximum absolute atomic E-state index is 13.2. The number of hydrogen-bond acceptors (Lipinski definition) is 2. The van der Waals surface area contributed by atoms with Gasteiger partial charge < -0.3 is 9.30 Å². The number of ether oxygens (including phenoxy) is 1. The molecule has 0 aliphatic carbocycles. The van der Waals surface area contributed by atoms with Crippen LogP contribution in [-0.2, 0) is 10.6 Å². The van der Waals surface area contributed by atoms with Crippen molar-refractivity contribution in [3.05, 3.63) is 29.8 Å². The number of benzene rings is 1. The van der Waals surface area contributed by atoms with Crippen molar-refractivity contribution >= 4 is 22.6 Å². The third kappa shape index (κ3) is 1.99. The molecule has 0 spiro atoms. The van der Waals surface area contributed by atoms with Crippen LogP contribution in [0.5, 0.6) is 0 Å². The van der Waals surface area contributed by atoms with Gasteiger partial charge in [0.05, 0.1) is 29.6 Å². The maximum atomic E-state index is 13.2. The Labute approximate surface area is 110 Å². The third-order valence-electron chi connectivity index (χ3n) is 3.35. The van der Waals surface area contributed by atoms with Crippen LogP contribution in [0.2, 0.25) is 0 Å². The average molecular weight is 269 g/mol. The Hall–Kier alpha value is -1.13. The number of imidazole rings is 1. The van der Waals surface area contributed by atoms with Gasteiger partial charge in [-0.2, -0.15) is 0 Å². The van der Waals surface area contributed by atoms with Crippen molar-refractivity contribution in [1.82, 2.24) is 9.55 Å². The fourth-order valence-electron chi connectivity index (χ4n) is 2.55. The molecule has 1 fully saturated rings. The second-order valence-corrected chi connectivity index (χ2v) is 4.80. The van der Waals surface area contributed by atoms with Crippen molar-refractivity contribution < 1.29 is 9.13 Å². The van der Waals surface area contributed by atoms with Crippen LogP contribution in [-0.4, -0.2) is 22.8 Å². The number of hydrogen-bond donors (Lipinski definition) is 0. The van der Waals surface area contributed by atoms with Crippen LogP contribution in [0.1, 0.15) is 24.7 Å². The highest BCUT2D eigenvalue weighted by atomic mass is 35.5. The summed E-state index contributed by atoms with van der Waals surface area (Å²) in [5, 5.41) is 0. The zero-order valence-electron chi connectivity index (χ0n) is 9.90. The molecule has 0 saturated carbocycles. The number of halogens is 2. The predicted octanol–water partition coefficient (Wildman–Crippen LogP) is 3.27. The quantitative estimate of drug-likeness (QED) is 0.782. The van der Waals surface area contributed by atoms with Crippen LogP contribution in [0.25, 0.3) is 11.0 Å². The second-order valence-electron chi connectivity index (χ2n) is 4.54. The molecule has 1 atom stereocenters. The van der Waals surface area contributed by atoms with E-state index in [1.54, 1.807) is 6.07 Å². The highest BCUT2D eigenvalue weighted by Gasteiger charge is 2.21. The van der Waals surface area contributed by atoms with Crippen LogP contribution in [0.4, 0.5) is 4.39 Å². The van der Waals surface area contributed by atoms with E-state index < -0.39 is 0 Å². The SMILES string of the molecule is Fc1ccc2c(c1)nc(CCl)n2C1CCCOC1. The van der Waals surface area contributed by atoms with Gasteiger partial charge in [0.15, 0.2) is 0 Å². The van der Waals surface area contributed by atoms with E-state index in [1.165, 1.54) is 12.1 Å². The normalized spacial score (nSPS) is 20.4. The summed E-state index contributed by atoms with van der Waals surface area (Å²) >= 11 is 5.94. The van der Waals surface area contributed by atoms with E-state index in [-0.39, 0.29) is 11.9 Å². The van der Waals surface area contributed by atoms with Gasteiger partial charge in [-0.15, -0.1) is 11.6 Å². The van der Waals surface area contributed by atoms with Crippen molar-refractivity contribution in [2.45, 2.75) is 24.8 Å². The first kappa shape index (κ1) is 11.9. The number of fused-ring (bicyclic) bond motifs is 1. The van der Waals surface area contributed by atoms with Gasteiger partial charge in [-0.1, -0.05) is 0 Å². The molecule has 0 bridgehead atoms. The standard InChI is InChI=1S/C13H14ClFN2O/c14-7-13-16-11-6-9(15)3-4-12(11)17(13)10-2-1-5-18-8-10/h3-4,6,10H,1-2,5,7-8H2. The molecule has 1 aliphatic heterocycles. The van der Waals surface area contributed by atoms with Gasteiger partial charge in [-0.05, 0) is 25.0 Å². The zero-order valence-corrected chi connectivity index (χ0v) is 10.7. The Balaban J connectivity index is 2.12. The smallest absolute Gasteiger partial charge is 0.125 e. The van der Waals surface area contributed by atoms with Crippen molar-refractivity contribution in [2.75, 3.05) is 13.2 Å². The molecule has 0 N–H and O–H groups in total. The first-order valence-corrected chi connectivity index (χ1v) is 6.63. The molecule has 18 heavy (non-hydrogen) atoms. The topological polar surface area (TPSA) is 27.1 Å². The molecule has 0 radical (unpaired) electrons. The van der Waals surface area contributed by atoms with Crippen LogP contribution in [0.3, 0.4) is 0 Å². The van der Waals surface area contributed by atoms with Crippen LogP contribution in [0.15, 0.2) is 18.2 Å². The van der Waals surface area contributed by atoms with Gasteiger partial charge in [-0.25, -0.2) is 9.37 Å². The van der Waals surface area contributed by atoms with E-state index in [2.05, 4.69) is 9.55 Å². The first-order valence-electron chi connectivity index (χ1n) is 6.09. The van der Waals surface area contributed by atoms with E-state index >= 15 is 0 Å². The maximum Gasteiger partial charge on any atom is 0.125 e. The summed E-state index contributed by atoms with van der Waals surface area (Å²) in [5.74, 6) is 0.841. The summed E-state index contributed by atoms with van der Waals surface area (Å²) in [6.45, 7) is 1.49. The monoisotopic (exact) mass is 268 g/mol. The van der Waals surface area contributed by atoms with Gasteiger partial charge in [0.1, 0.15) is 11.6 Å².